The lowest BCUT2D eigenvalue weighted by atomic mass is 10.0. The smallest absolute Gasteiger partial charge is 0.127 e. The van der Waals surface area contributed by atoms with Crippen LogP contribution in [-0.2, 0) is 0 Å². The first kappa shape index (κ1) is 14.2. The minimum Gasteiger partial charge on any atom is -0.457 e. The molecule has 0 amide bonds. The molecule has 1 N–H and O–H groups in total. The second kappa shape index (κ2) is 6.31. The highest BCUT2D eigenvalue weighted by atomic mass is 16.5. The summed E-state index contributed by atoms with van der Waals surface area (Å²) in [6.45, 7) is 5.52. The predicted octanol–water partition coefficient (Wildman–Crippen LogP) is 4.79. The van der Waals surface area contributed by atoms with E-state index < -0.39 is 0 Å². The van der Waals surface area contributed by atoms with Gasteiger partial charge in [-0.05, 0) is 54.6 Å². The standard InChI is InChI=1S/C19H23NO/c1-3-20-19(18-13-14(18)2)15-9-11-17(12-10-15)21-16-7-5-4-6-8-16/h4-12,14,18-20H,3,13H2,1-2H3. The van der Waals surface area contributed by atoms with E-state index in [1.807, 2.05) is 30.3 Å². The molecule has 3 unspecified atom stereocenters. The maximum atomic E-state index is 5.85. The lowest BCUT2D eigenvalue weighted by molar-refractivity contribution is 0.469. The zero-order valence-electron chi connectivity index (χ0n) is 12.8. The quantitative estimate of drug-likeness (QED) is 0.822. The van der Waals surface area contributed by atoms with Crippen LogP contribution in [0, 0.1) is 11.8 Å². The third kappa shape index (κ3) is 3.45. The van der Waals surface area contributed by atoms with Crippen molar-refractivity contribution in [2.45, 2.75) is 26.3 Å². The summed E-state index contributed by atoms with van der Waals surface area (Å²) >= 11 is 0. The van der Waals surface area contributed by atoms with Crippen LogP contribution in [0.5, 0.6) is 11.5 Å². The van der Waals surface area contributed by atoms with Gasteiger partial charge in [0.1, 0.15) is 11.5 Å². The van der Waals surface area contributed by atoms with Crippen LogP contribution in [0.3, 0.4) is 0 Å². The molecule has 0 radical (unpaired) electrons. The van der Waals surface area contributed by atoms with Crippen LogP contribution in [0.1, 0.15) is 31.9 Å². The van der Waals surface area contributed by atoms with Crippen molar-refractivity contribution in [1.29, 1.82) is 0 Å². The van der Waals surface area contributed by atoms with E-state index in [1.165, 1.54) is 12.0 Å². The number of rotatable bonds is 6. The van der Waals surface area contributed by atoms with Crippen LogP contribution < -0.4 is 10.1 Å². The Morgan fingerprint density at radius 1 is 1.05 bits per heavy atom. The van der Waals surface area contributed by atoms with Crippen molar-refractivity contribution >= 4 is 0 Å². The minimum atomic E-state index is 0.482. The molecule has 1 fully saturated rings. The second-order valence-electron chi connectivity index (χ2n) is 5.90. The molecule has 3 rings (SSSR count). The van der Waals surface area contributed by atoms with Gasteiger partial charge in [-0.3, -0.25) is 0 Å². The number of benzene rings is 2. The summed E-state index contributed by atoms with van der Waals surface area (Å²) in [5.41, 5.74) is 1.37. The molecule has 3 atom stereocenters. The molecule has 21 heavy (non-hydrogen) atoms. The molecule has 0 aliphatic heterocycles. The Morgan fingerprint density at radius 3 is 2.24 bits per heavy atom. The SMILES string of the molecule is CCNC(c1ccc(Oc2ccccc2)cc1)C1CC1C. The highest BCUT2D eigenvalue weighted by Crippen LogP contribution is 2.47. The first-order valence-electron chi connectivity index (χ1n) is 7.84. The predicted molar refractivity (Wildman–Crippen MR) is 86.6 cm³/mol. The first-order valence-corrected chi connectivity index (χ1v) is 7.84. The van der Waals surface area contributed by atoms with E-state index in [1.54, 1.807) is 0 Å². The van der Waals surface area contributed by atoms with Gasteiger partial charge in [-0.25, -0.2) is 0 Å². The normalized spacial score (nSPS) is 21.8. The van der Waals surface area contributed by atoms with Crippen LogP contribution >= 0.6 is 0 Å². The molecule has 1 aliphatic rings. The summed E-state index contributed by atoms with van der Waals surface area (Å²) in [7, 11) is 0. The van der Waals surface area contributed by atoms with Gasteiger partial charge in [0.2, 0.25) is 0 Å². The molecule has 0 bridgehead atoms. The minimum absolute atomic E-state index is 0.482. The molecule has 2 nitrogen and oxygen atoms in total. The molecule has 0 saturated heterocycles. The monoisotopic (exact) mass is 281 g/mol. The van der Waals surface area contributed by atoms with E-state index in [0.717, 1.165) is 29.9 Å². The van der Waals surface area contributed by atoms with Crippen LogP contribution in [0.25, 0.3) is 0 Å². The van der Waals surface area contributed by atoms with Crippen LogP contribution in [0.2, 0.25) is 0 Å². The fourth-order valence-electron chi connectivity index (χ4n) is 2.92. The molecule has 0 aromatic heterocycles. The summed E-state index contributed by atoms with van der Waals surface area (Å²) in [6, 6.07) is 18.9. The number of hydrogen-bond acceptors (Lipinski definition) is 2. The highest BCUT2D eigenvalue weighted by Gasteiger charge is 2.39. The lowest BCUT2D eigenvalue weighted by Crippen LogP contribution is -2.23. The van der Waals surface area contributed by atoms with Crippen molar-refractivity contribution in [3.63, 3.8) is 0 Å². The molecule has 0 spiro atoms. The zero-order valence-corrected chi connectivity index (χ0v) is 12.8. The molecule has 1 saturated carbocycles. The maximum Gasteiger partial charge on any atom is 0.127 e. The number of nitrogens with one attached hydrogen (secondary N) is 1. The summed E-state index contributed by atoms with van der Waals surface area (Å²) in [4.78, 5) is 0. The Balaban J connectivity index is 1.71. The number of ether oxygens (including phenoxy) is 1. The van der Waals surface area contributed by atoms with Crippen molar-refractivity contribution in [3.05, 3.63) is 60.2 Å². The third-order valence-corrected chi connectivity index (χ3v) is 4.24. The van der Waals surface area contributed by atoms with Crippen molar-refractivity contribution in [2.75, 3.05) is 6.54 Å². The van der Waals surface area contributed by atoms with Gasteiger partial charge >= 0.3 is 0 Å². The Morgan fingerprint density at radius 2 is 1.67 bits per heavy atom. The van der Waals surface area contributed by atoms with E-state index in [-0.39, 0.29) is 0 Å². The molecule has 2 aromatic carbocycles. The highest BCUT2D eigenvalue weighted by molar-refractivity contribution is 5.34. The van der Waals surface area contributed by atoms with Gasteiger partial charge in [0, 0.05) is 6.04 Å². The van der Waals surface area contributed by atoms with Gasteiger partial charge in [-0.2, -0.15) is 0 Å². The van der Waals surface area contributed by atoms with Gasteiger partial charge in [0.15, 0.2) is 0 Å². The van der Waals surface area contributed by atoms with Gasteiger partial charge < -0.3 is 10.1 Å². The fraction of sp³-hybridized carbons (Fsp3) is 0.368. The van der Waals surface area contributed by atoms with Crippen molar-refractivity contribution < 1.29 is 4.74 Å². The molecule has 2 heteroatoms. The number of hydrogen-bond donors (Lipinski definition) is 1. The first-order chi connectivity index (χ1) is 10.3. The molecule has 0 heterocycles. The Kier molecular flexibility index (Phi) is 4.26. The zero-order chi connectivity index (χ0) is 14.7. The lowest BCUT2D eigenvalue weighted by Gasteiger charge is -2.18. The summed E-state index contributed by atoms with van der Waals surface area (Å²) < 4.78 is 5.85. The van der Waals surface area contributed by atoms with Crippen LogP contribution in [0.15, 0.2) is 54.6 Å². The van der Waals surface area contributed by atoms with E-state index in [2.05, 4.69) is 43.4 Å². The summed E-state index contributed by atoms with van der Waals surface area (Å²) in [5, 5.41) is 3.62. The third-order valence-electron chi connectivity index (χ3n) is 4.24. The average Bonchev–Trinajstić information content (AvgIpc) is 3.23. The van der Waals surface area contributed by atoms with Crippen LogP contribution in [0.4, 0.5) is 0 Å². The van der Waals surface area contributed by atoms with E-state index in [4.69, 9.17) is 4.74 Å². The van der Waals surface area contributed by atoms with E-state index >= 15 is 0 Å². The van der Waals surface area contributed by atoms with Gasteiger partial charge in [0.25, 0.3) is 0 Å². The van der Waals surface area contributed by atoms with Crippen LogP contribution in [-0.4, -0.2) is 6.54 Å². The molecular weight excluding hydrogens is 258 g/mol. The Bertz CT molecular complexity index is 564. The van der Waals surface area contributed by atoms with E-state index in [0.29, 0.717) is 6.04 Å². The topological polar surface area (TPSA) is 21.3 Å². The molecule has 110 valence electrons. The van der Waals surface area contributed by atoms with Crippen molar-refractivity contribution in [3.8, 4) is 11.5 Å². The molecular formula is C19H23NO. The van der Waals surface area contributed by atoms with Gasteiger partial charge in [0.05, 0.1) is 0 Å². The molecule has 2 aromatic rings. The van der Waals surface area contributed by atoms with Gasteiger partial charge in [-0.1, -0.05) is 44.2 Å². The Hall–Kier alpha value is -1.80. The number of para-hydroxylation sites is 1. The van der Waals surface area contributed by atoms with Gasteiger partial charge in [-0.15, -0.1) is 0 Å². The summed E-state index contributed by atoms with van der Waals surface area (Å²) in [6.07, 6.45) is 1.33. The molecule has 1 aliphatic carbocycles. The van der Waals surface area contributed by atoms with Crippen molar-refractivity contribution in [2.24, 2.45) is 11.8 Å². The fourth-order valence-corrected chi connectivity index (χ4v) is 2.92. The van der Waals surface area contributed by atoms with E-state index in [9.17, 15) is 0 Å². The second-order valence-corrected chi connectivity index (χ2v) is 5.90. The van der Waals surface area contributed by atoms with Crippen molar-refractivity contribution in [1.82, 2.24) is 5.32 Å². The maximum absolute atomic E-state index is 5.85. The average molecular weight is 281 g/mol. The largest absolute Gasteiger partial charge is 0.457 e. The Labute approximate surface area is 127 Å². The summed E-state index contributed by atoms with van der Waals surface area (Å²) in [5.74, 6) is 3.40.